The van der Waals surface area contributed by atoms with Crippen molar-refractivity contribution in [1.29, 1.82) is 0 Å². The van der Waals surface area contributed by atoms with Crippen LogP contribution in [0.3, 0.4) is 0 Å². The maximum absolute atomic E-state index is 13.3. The molecule has 1 aliphatic rings. The molecule has 5 heteroatoms. The van der Waals surface area contributed by atoms with E-state index in [1.165, 1.54) is 5.56 Å². The van der Waals surface area contributed by atoms with E-state index in [-0.39, 0.29) is 12.0 Å². The number of morpholine rings is 1. The van der Waals surface area contributed by atoms with Crippen LogP contribution in [-0.4, -0.2) is 40.5 Å². The van der Waals surface area contributed by atoms with Gasteiger partial charge in [-0.2, -0.15) is 0 Å². The van der Waals surface area contributed by atoms with Crippen molar-refractivity contribution in [3.05, 3.63) is 108 Å². The molecule has 0 aliphatic carbocycles. The molecule has 3 heterocycles. The summed E-state index contributed by atoms with van der Waals surface area (Å²) in [4.78, 5) is 24.4. The molecular weight excluding hydrogens is 386 g/mol. The molecule has 5 rings (SSSR count). The Hall–Kier alpha value is -3.57. The Kier molecular flexibility index (Phi) is 5.42. The molecule has 0 spiro atoms. The SMILES string of the molecule is O=C(c1cccc2cccnc12)N1CCO[C@H](c2cccc(Cc3ccccc3)n2)C1. The van der Waals surface area contributed by atoms with Crippen LogP contribution in [0.25, 0.3) is 10.9 Å². The van der Waals surface area contributed by atoms with Crippen LogP contribution in [0.2, 0.25) is 0 Å². The molecule has 0 saturated carbocycles. The molecule has 1 saturated heterocycles. The molecule has 2 aromatic heterocycles. The van der Waals surface area contributed by atoms with Gasteiger partial charge in [0.15, 0.2) is 0 Å². The quantitative estimate of drug-likeness (QED) is 0.500. The minimum absolute atomic E-state index is 0.0157. The molecule has 31 heavy (non-hydrogen) atoms. The average Bonchev–Trinajstić information content (AvgIpc) is 2.84. The zero-order valence-electron chi connectivity index (χ0n) is 17.1. The van der Waals surface area contributed by atoms with E-state index in [4.69, 9.17) is 9.72 Å². The molecule has 0 radical (unpaired) electrons. The number of carbonyl (C=O) groups is 1. The van der Waals surface area contributed by atoms with Crippen LogP contribution in [0.1, 0.15) is 33.4 Å². The molecule has 0 unspecified atom stereocenters. The lowest BCUT2D eigenvalue weighted by atomic mass is 10.1. The highest BCUT2D eigenvalue weighted by Crippen LogP contribution is 2.24. The van der Waals surface area contributed by atoms with Crippen molar-refractivity contribution in [2.75, 3.05) is 19.7 Å². The van der Waals surface area contributed by atoms with Crippen molar-refractivity contribution in [3.8, 4) is 0 Å². The highest BCUT2D eigenvalue weighted by Gasteiger charge is 2.28. The Morgan fingerprint density at radius 3 is 2.71 bits per heavy atom. The Balaban J connectivity index is 1.36. The summed E-state index contributed by atoms with van der Waals surface area (Å²) in [7, 11) is 0. The lowest BCUT2D eigenvalue weighted by Gasteiger charge is -2.33. The maximum Gasteiger partial charge on any atom is 0.256 e. The molecule has 5 nitrogen and oxygen atoms in total. The summed E-state index contributed by atoms with van der Waals surface area (Å²) in [5.74, 6) is -0.0157. The fraction of sp³-hybridized carbons (Fsp3) is 0.192. The first-order valence-corrected chi connectivity index (χ1v) is 10.5. The van der Waals surface area contributed by atoms with Crippen LogP contribution in [-0.2, 0) is 11.2 Å². The summed E-state index contributed by atoms with van der Waals surface area (Å²) < 4.78 is 6.00. The van der Waals surface area contributed by atoms with Crippen LogP contribution in [0, 0.1) is 0 Å². The molecule has 0 N–H and O–H groups in total. The van der Waals surface area contributed by atoms with Crippen molar-refractivity contribution in [2.45, 2.75) is 12.5 Å². The van der Waals surface area contributed by atoms with Crippen LogP contribution >= 0.6 is 0 Å². The molecular formula is C26H23N3O2. The number of ether oxygens (including phenoxy) is 1. The first-order chi connectivity index (χ1) is 15.3. The number of nitrogens with zero attached hydrogens (tertiary/aromatic N) is 3. The summed E-state index contributed by atoms with van der Waals surface area (Å²) in [5, 5.41) is 0.966. The van der Waals surface area contributed by atoms with Gasteiger partial charge in [-0.15, -0.1) is 0 Å². The average molecular weight is 409 g/mol. The van der Waals surface area contributed by atoms with E-state index < -0.39 is 0 Å². The van der Waals surface area contributed by atoms with Crippen molar-refractivity contribution in [3.63, 3.8) is 0 Å². The van der Waals surface area contributed by atoms with E-state index in [0.29, 0.717) is 25.3 Å². The van der Waals surface area contributed by atoms with Crippen LogP contribution in [0.15, 0.2) is 85.1 Å². The van der Waals surface area contributed by atoms with Gasteiger partial charge in [0.2, 0.25) is 0 Å². The number of hydrogen-bond donors (Lipinski definition) is 0. The summed E-state index contributed by atoms with van der Waals surface area (Å²) in [6.45, 7) is 1.52. The largest absolute Gasteiger partial charge is 0.368 e. The lowest BCUT2D eigenvalue weighted by molar-refractivity contribution is -0.0247. The molecule has 2 aromatic carbocycles. The second-order valence-electron chi connectivity index (χ2n) is 7.71. The highest BCUT2D eigenvalue weighted by molar-refractivity contribution is 6.05. The minimum atomic E-state index is -0.239. The molecule has 1 fully saturated rings. The third-order valence-electron chi connectivity index (χ3n) is 5.60. The number of carbonyl (C=O) groups excluding carboxylic acids is 1. The van der Waals surface area contributed by atoms with Crippen molar-refractivity contribution >= 4 is 16.8 Å². The van der Waals surface area contributed by atoms with Gasteiger partial charge in [-0.25, -0.2) is 0 Å². The Labute approximate surface area is 181 Å². The monoisotopic (exact) mass is 409 g/mol. The Morgan fingerprint density at radius 2 is 1.81 bits per heavy atom. The van der Waals surface area contributed by atoms with E-state index in [2.05, 4.69) is 17.1 Å². The smallest absolute Gasteiger partial charge is 0.256 e. The fourth-order valence-corrected chi connectivity index (χ4v) is 4.04. The van der Waals surface area contributed by atoms with Gasteiger partial charge in [0.05, 0.1) is 29.9 Å². The maximum atomic E-state index is 13.3. The van der Waals surface area contributed by atoms with Gasteiger partial charge in [0.25, 0.3) is 5.91 Å². The van der Waals surface area contributed by atoms with Gasteiger partial charge >= 0.3 is 0 Å². The van der Waals surface area contributed by atoms with Crippen LogP contribution in [0.4, 0.5) is 0 Å². The number of fused-ring (bicyclic) bond motifs is 1. The highest BCUT2D eigenvalue weighted by atomic mass is 16.5. The number of hydrogen-bond acceptors (Lipinski definition) is 4. The van der Waals surface area contributed by atoms with E-state index in [1.54, 1.807) is 6.20 Å². The number of benzene rings is 2. The summed E-state index contributed by atoms with van der Waals surface area (Å²) in [6, 6.07) is 25.9. The van der Waals surface area contributed by atoms with E-state index >= 15 is 0 Å². The number of para-hydroxylation sites is 1. The van der Waals surface area contributed by atoms with Gasteiger partial charge in [-0.3, -0.25) is 14.8 Å². The zero-order chi connectivity index (χ0) is 21.0. The van der Waals surface area contributed by atoms with Gasteiger partial charge in [-0.1, -0.05) is 54.6 Å². The number of amides is 1. The molecule has 154 valence electrons. The number of aromatic nitrogens is 2. The van der Waals surface area contributed by atoms with Gasteiger partial charge in [0.1, 0.15) is 6.10 Å². The predicted octanol–water partition coefficient (Wildman–Crippen LogP) is 4.43. The predicted molar refractivity (Wildman–Crippen MR) is 120 cm³/mol. The Morgan fingerprint density at radius 1 is 0.968 bits per heavy atom. The fourth-order valence-electron chi connectivity index (χ4n) is 4.04. The van der Waals surface area contributed by atoms with E-state index in [9.17, 15) is 4.79 Å². The molecule has 1 atom stereocenters. The lowest BCUT2D eigenvalue weighted by Crippen LogP contribution is -2.42. The molecule has 4 aromatic rings. The first-order valence-electron chi connectivity index (χ1n) is 10.5. The van der Waals surface area contributed by atoms with Crippen molar-refractivity contribution in [1.82, 2.24) is 14.9 Å². The summed E-state index contributed by atoms with van der Waals surface area (Å²) in [6.07, 6.45) is 2.26. The normalized spacial score (nSPS) is 16.4. The third-order valence-corrected chi connectivity index (χ3v) is 5.60. The van der Waals surface area contributed by atoms with Gasteiger partial charge in [0, 0.05) is 30.2 Å². The summed E-state index contributed by atoms with van der Waals surface area (Å²) >= 11 is 0. The van der Waals surface area contributed by atoms with Gasteiger partial charge < -0.3 is 9.64 Å². The summed E-state index contributed by atoms with van der Waals surface area (Å²) in [5.41, 5.74) is 4.44. The number of rotatable bonds is 4. The van der Waals surface area contributed by atoms with Crippen molar-refractivity contribution in [2.24, 2.45) is 0 Å². The first kappa shape index (κ1) is 19.4. The topological polar surface area (TPSA) is 55.3 Å². The molecule has 1 amide bonds. The molecule has 1 aliphatic heterocycles. The second-order valence-corrected chi connectivity index (χ2v) is 7.71. The van der Waals surface area contributed by atoms with Crippen LogP contribution < -0.4 is 0 Å². The van der Waals surface area contributed by atoms with E-state index in [1.807, 2.05) is 71.6 Å². The minimum Gasteiger partial charge on any atom is -0.368 e. The third kappa shape index (κ3) is 4.18. The standard InChI is InChI=1S/C26H23N3O2/c30-26(22-12-4-9-20-10-6-14-27-25(20)22)29-15-16-31-24(18-29)23-13-5-11-21(28-23)17-19-7-2-1-3-8-19/h1-14,24H,15-18H2/t24-/m0/s1. The molecule has 0 bridgehead atoms. The number of pyridine rings is 2. The zero-order valence-corrected chi connectivity index (χ0v) is 17.1. The van der Waals surface area contributed by atoms with Crippen LogP contribution in [0.5, 0.6) is 0 Å². The second kappa shape index (κ2) is 8.66. The van der Waals surface area contributed by atoms with E-state index in [0.717, 1.165) is 28.7 Å². The van der Waals surface area contributed by atoms with Gasteiger partial charge in [-0.05, 0) is 29.8 Å². The van der Waals surface area contributed by atoms with Crippen molar-refractivity contribution < 1.29 is 9.53 Å². The Bertz CT molecular complexity index is 1200.